The summed E-state index contributed by atoms with van der Waals surface area (Å²) in [5.41, 5.74) is -0.792. The van der Waals surface area contributed by atoms with Gasteiger partial charge in [0, 0.05) is 0 Å². The Morgan fingerprint density at radius 2 is 1.46 bits per heavy atom. The molecule has 0 fully saturated rings. The third-order valence-electron chi connectivity index (χ3n) is 4.44. The normalized spacial score (nSPS) is 14.6. The molecule has 2 aromatic rings. The predicted molar refractivity (Wildman–Crippen MR) is 99.2 cm³/mol. The average Bonchev–Trinajstić information content (AvgIpc) is 2.61. The first-order valence-electron chi connectivity index (χ1n) is 8.78. The van der Waals surface area contributed by atoms with Crippen molar-refractivity contribution < 1.29 is 30.9 Å². The van der Waals surface area contributed by atoms with E-state index in [2.05, 4.69) is 0 Å². The smallest absolute Gasteiger partial charge is 0.385 e. The molecule has 0 aliphatic carbocycles. The van der Waals surface area contributed by atoms with Crippen molar-refractivity contribution in [1.82, 2.24) is 0 Å². The van der Waals surface area contributed by atoms with E-state index >= 15 is 0 Å². The van der Waals surface area contributed by atoms with Gasteiger partial charge >= 0.3 is 6.18 Å². The molecule has 1 atom stereocenters. The Morgan fingerprint density at radius 3 is 2.00 bits per heavy atom. The van der Waals surface area contributed by atoms with Gasteiger partial charge in [0.15, 0.2) is 0 Å². The van der Waals surface area contributed by atoms with Crippen LogP contribution >= 0.6 is 0 Å². The lowest BCUT2D eigenvalue weighted by molar-refractivity contribution is -0.137. The van der Waals surface area contributed by atoms with Crippen LogP contribution in [0, 0.1) is 6.92 Å². The van der Waals surface area contributed by atoms with Gasteiger partial charge in [-0.15, -0.1) is 0 Å². The Labute approximate surface area is 163 Å². The zero-order valence-electron chi connectivity index (χ0n) is 15.7. The van der Waals surface area contributed by atoms with E-state index in [9.17, 15) is 26.7 Å². The highest BCUT2D eigenvalue weighted by atomic mass is 32.2. The number of alkyl halides is 3. The van der Waals surface area contributed by atoms with Gasteiger partial charge in [0.2, 0.25) is 0 Å². The van der Waals surface area contributed by atoms with E-state index in [0.717, 1.165) is 17.7 Å². The lowest BCUT2D eigenvalue weighted by atomic mass is 9.90. The van der Waals surface area contributed by atoms with Crippen LogP contribution in [-0.4, -0.2) is 20.1 Å². The molecule has 0 spiro atoms. The van der Waals surface area contributed by atoms with Crippen LogP contribution in [0.1, 0.15) is 42.9 Å². The molecule has 0 amide bonds. The fourth-order valence-corrected chi connectivity index (χ4v) is 3.62. The van der Waals surface area contributed by atoms with Crippen molar-refractivity contribution in [1.29, 1.82) is 0 Å². The van der Waals surface area contributed by atoms with E-state index in [1.807, 2.05) is 6.92 Å². The van der Waals surface area contributed by atoms with Crippen LogP contribution < -0.4 is 0 Å². The van der Waals surface area contributed by atoms with Crippen molar-refractivity contribution in [3.8, 4) is 0 Å². The maximum atomic E-state index is 12.6. The minimum atomic E-state index is -4.43. The number of hydrogen-bond acceptors (Lipinski definition) is 4. The summed E-state index contributed by atoms with van der Waals surface area (Å²) in [4.78, 5) is 0.0786. The van der Waals surface area contributed by atoms with Gasteiger partial charge in [-0.25, -0.2) is 0 Å². The van der Waals surface area contributed by atoms with E-state index in [-0.39, 0.29) is 17.9 Å². The SMILES string of the molecule is Cc1ccc(S(=O)(=O)OCCCCC(C)(O)c2ccc(C(F)(F)F)cc2)cc1. The molecule has 8 heteroatoms. The van der Waals surface area contributed by atoms with E-state index in [0.29, 0.717) is 18.4 Å². The summed E-state index contributed by atoms with van der Waals surface area (Å²) in [5.74, 6) is 0. The van der Waals surface area contributed by atoms with E-state index in [4.69, 9.17) is 4.18 Å². The maximum absolute atomic E-state index is 12.6. The Bertz CT molecular complexity index is 871. The molecule has 28 heavy (non-hydrogen) atoms. The van der Waals surface area contributed by atoms with Crippen LogP contribution in [0.3, 0.4) is 0 Å². The van der Waals surface area contributed by atoms with Crippen molar-refractivity contribution in [2.24, 2.45) is 0 Å². The van der Waals surface area contributed by atoms with Crippen molar-refractivity contribution in [2.75, 3.05) is 6.61 Å². The molecule has 0 heterocycles. The highest BCUT2D eigenvalue weighted by Crippen LogP contribution is 2.32. The van der Waals surface area contributed by atoms with Crippen LogP contribution in [-0.2, 0) is 26.1 Å². The zero-order chi connectivity index (χ0) is 21.0. The number of aliphatic hydroxyl groups is 1. The maximum Gasteiger partial charge on any atom is 0.416 e. The summed E-state index contributed by atoms with van der Waals surface area (Å²) in [6, 6.07) is 10.7. The van der Waals surface area contributed by atoms with Gasteiger partial charge in [-0.3, -0.25) is 4.18 Å². The minimum Gasteiger partial charge on any atom is -0.385 e. The summed E-state index contributed by atoms with van der Waals surface area (Å²) in [7, 11) is -3.83. The standard InChI is InChI=1S/C20H23F3O4S/c1-15-5-11-18(12-6-15)28(25,26)27-14-4-3-13-19(2,24)16-7-9-17(10-8-16)20(21,22)23/h5-12,24H,3-4,13-14H2,1-2H3. The van der Waals surface area contributed by atoms with E-state index in [1.165, 1.54) is 31.2 Å². The van der Waals surface area contributed by atoms with Gasteiger partial charge in [0.25, 0.3) is 10.1 Å². The number of benzene rings is 2. The minimum absolute atomic E-state index is 0.0424. The molecular weight excluding hydrogens is 393 g/mol. The summed E-state index contributed by atoms with van der Waals surface area (Å²) in [6.07, 6.45) is -3.35. The lowest BCUT2D eigenvalue weighted by Crippen LogP contribution is -2.21. The van der Waals surface area contributed by atoms with Gasteiger partial charge in [0.1, 0.15) is 0 Å². The molecule has 1 unspecified atom stereocenters. The fourth-order valence-electron chi connectivity index (χ4n) is 2.68. The van der Waals surface area contributed by atoms with E-state index in [1.54, 1.807) is 12.1 Å². The predicted octanol–water partition coefficient (Wildman–Crippen LogP) is 4.80. The largest absolute Gasteiger partial charge is 0.416 e. The molecule has 0 aliphatic heterocycles. The fraction of sp³-hybridized carbons (Fsp3) is 0.400. The highest BCUT2D eigenvalue weighted by Gasteiger charge is 2.31. The molecule has 0 saturated carbocycles. The van der Waals surface area contributed by atoms with Crippen molar-refractivity contribution >= 4 is 10.1 Å². The van der Waals surface area contributed by atoms with Gasteiger partial charge in [-0.2, -0.15) is 21.6 Å². The topological polar surface area (TPSA) is 63.6 Å². The number of halogens is 3. The van der Waals surface area contributed by atoms with Gasteiger partial charge in [-0.1, -0.05) is 29.8 Å². The van der Waals surface area contributed by atoms with Crippen molar-refractivity contribution in [2.45, 2.75) is 49.8 Å². The van der Waals surface area contributed by atoms with Crippen LogP contribution in [0.2, 0.25) is 0 Å². The summed E-state index contributed by atoms with van der Waals surface area (Å²) >= 11 is 0. The Kier molecular flexibility index (Phi) is 6.90. The molecule has 0 aliphatic rings. The summed E-state index contributed by atoms with van der Waals surface area (Å²) in [6.45, 7) is 3.32. The Balaban J connectivity index is 1.84. The lowest BCUT2D eigenvalue weighted by Gasteiger charge is -2.24. The van der Waals surface area contributed by atoms with Crippen LogP contribution in [0.25, 0.3) is 0 Å². The van der Waals surface area contributed by atoms with Crippen molar-refractivity contribution in [3.63, 3.8) is 0 Å². The number of hydrogen-bond donors (Lipinski definition) is 1. The zero-order valence-corrected chi connectivity index (χ0v) is 16.5. The second-order valence-corrected chi connectivity index (χ2v) is 8.51. The number of unbranched alkanes of at least 4 members (excludes halogenated alkanes) is 1. The van der Waals surface area contributed by atoms with E-state index < -0.39 is 27.5 Å². The third-order valence-corrected chi connectivity index (χ3v) is 5.77. The third kappa shape index (κ3) is 6.05. The quantitative estimate of drug-likeness (QED) is 0.496. The van der Waals surface area contributed by atoms with Gasteiger partial charge < -0.3 is 5.11 Å². The number of rotatable bonds is 8. The summed E-state index contributed by atoms with van der Waals surface area (Å²) in [5, 5.41) is 10.5. The monoisotopic (exact) mass is 416 g/mol. The average molecular weight is 416 g/mol. The van der Waals surface area contributed by atoms with Crippen LogP contribution in [0.4, 0.5) is 13.2 Å². The molecule has 0 bridgehead atoms. The first-order valence-corrected chi connectivity index (χ1v) is 10.2. The van der Waals surface area contributed by atoms with Crippen LogP contribution in [0.15, 0.2) is 53.4 Å². The second kappa shape index (κ2) is 8.63. The molecule has 0 aromatic heterocycles. The summed E-state index contributed by atoms with van der Waals surface area (Å²) < 4.78 is 67.0. The molecule has 2 aromatic carbocycles. The van der Waals surface area contributed by atoms with Crippen molar-refractivity contribution in [3.05, 3.63) is 65.2 Å². The molecule has 0 radical (unpaired) electrons. The Hall–Kier alpha value is -1.90. The highest BCUT2D eigenvalue weighted by molar-refractivity contribution is 7.86. The molecule has 1 N–H and O–H groups in total. The first kappa shape index (κ1) is 22.4. The van der Waals surface area contributed by atoms with Gasteiger partial charge in [0.05, 0.1) is 22.7 Å². The molecular formula is C20H23F3O4S. The molecule has 2 rings (SSSR count). The number of aryl methyl sites for hydroxylation is 1. The Morgan fingerprint density at radius 1 is 0.929 bits per heavy atom. The molecule has 0 saturated heterocycles. The second-order valence-electron chi connectivity index (χ2n) is 6.90. The molecule has 4 nitrogen and oxygen atoms in total. The van der Waals surface area contributed by atoms with Crippen LogP contribution in [0.5, 0.6) is 0 Å². The first-order chi connectivity index (χ1) is 12.9. The molecule has 154 valence electrons. The van der Waals surface area contributed by atoms with Gasteiger partial charge in [-0.05, 0) is 62.9 Å².